The minimum Gasteiger partial charge on any atom is -0.478 e. The number of carbonyl (C=O) groups excluding carboxylic acids is 2. The summed E-state index contributed by atoms with van der Waals surface area (Å²) in [5.41, 5.74) is -4.77. The zero-order chi connectivity index (χ0) is 35.6. The van der Waals surface area contributed by atoms with Crippen molar-refractivity contribution >= 4 is 34.6 Å². The molecule has 0 atom stereocenters. The zero-order valence-corrected chi connectivity index (χ0v) is 28.2. The van der Waals surface area contributed by atoms with E-state index in [4.69, 9.17) is 13.9 Å². The van der Waals surface area contributed by atoms with Crippen LogP contribution >= 0.6 is 0 Å². The molecule has 1 N–H and O–H groups in total. The van der Waals surface area contributed by atoms with Crippen molar-refractivity contribution in [2.45, 2.75) is 71.5 Å². The molecule has 0 aromatic heterocycles. The van der Waals surface area contributed by atoms with Crippen LogP contribution in [0, 0.1) is 17.5 Å². The number of aromatic carboxylic acids is 1. The van der Waals surface area contributed by atoms with Gasteiger partial charge in [-0.15, -0.1) is 0 Å². The molecular weight excluding hydrogens is 641 g/mol. The summed E-state index contributed by atoms with van der Waals surface area (Å²) in [5.74, 6) is -12.5. The first-order valence-corrected chi connectivity index (χ1v) is 16.2. The van der Waals surface area contributed by atoms with Gasteiger partial charge in [-0.3, -0.25) is 9.59 Å². The van der Waals surface area contributed by atoms with Crippen molar-refractivity contribution < 1.29 is 46.6 Å². The summed E-state index contributed by atoms with van der Waals surface area (Å²) >= 11 is 0. The minimum atomic E-state index is -2.43. The third kappa shape index (κ3) is 6.36. The average Bonchev–Trinajstić information content (AvgIpc) is 2.91. The minimum absolute atomic E-state index is 0.108. The number of hydrogen-bond donors (Lipinski definition) is 1. The van der Waals surface area contributed by atoms with Gasteiger partial charge in [0.2, 0.25) is 5.36 Å². The number of carboxylic acid groups (broad SMARTS) is 1. The lowest BCUT2D eigenvalue weighted by atomic mass is 9.85. The molecule has 49 heavy (non-hydrogen) atoms. The van der Waals surface area contributed by atoms with E-state index in [1.165, 1.54) is 41.5 Å². The molecule has 3 aliphatic heterocycles. The van der Waals surface area contributed by atoms with Crippen LogP contribution in [0.2, 0.25) is 0 Å². The first-order valence-electron chi connectivity index (χ1n) is 16.2. The molecule has 6 rings (SSSR count). The number of fused-ring (bicyclic) bond motifs is 2. The van der Waals surface area contributed by atoms with Crippen LogP contribution < -0.4 is 14.8 Å². The molecule has 0 unspecified atom stereocenters. The number of halogens is 3. The second-order valence-electron chi connectivity index (χ2n) is 14.4. The van der Waals surface area contributed by atoms with Gasteiger partial charge in [0.05, 0.1) is 18.1 Å². The summed E-state index contributed by atoms with van der Waals surface area (Å²) in [6.07, 6.45) is 2.00. The van der Waals surface area contributed by atoms with Crippen molar-refractivity contribution in [3.8, 4) is 22.5 Å². The van der Waals surface area contributed by atoms with Crippen molar-refractivity contribution in [1.82, 2.24) is 4.58 Å². The third-order valence-corrected chi connectivity index (χ3v) is 8.52. The van der Waals surface area contributed by atoms with E-state index in [2.05, 4.69) is 9.48 Å². The van der Waals surface area contributed by atoms with Gasteiger partial charge in [-0.1, -0.05) is 0 Å². The Kier molecular flexibility index (Phi) is 8.49. The zero-order valence-electron chi connectivity index (χ0n) is 28.2. The molecule has 0 spiro atoms. The van der Waals surface area contributed by atoms with Crippen LogP contribution in [-0.4, -0.2) is 60.4 Å². The Hall–Kier alpha value is -4.87. The summed E-state index contributed by atoms with van der Waals surface area (Å²) in [6, 6.07) is 10.2. The van der Waals surface area contributed by atoms with Gasteiger partial charge in [-0.2, -0.15) is 0 Å². The first kappa shape index (κ1) is 34.0. The van der Waals surface area contributed by atoms with Crippen LogP contribution in [0.3, 0.4) is 0 Å². The summed E-state index contributed by atoms with van der Waals surface area (Å²) in [4.78, 5) is 41.9. The third-order valence-electron chi connectivity index (χ3n) is 8.52. The molecule has 258 valence electrons. The Labute approximate surface area is 280 Å². The van der Waals surface area contributed by atoms with Gasteiger partial charge in [0, 0.05) is 53.0 Å². The highest BCUT2D eigenvalue weighted by molar-refractivity contribution is 6.09. The Morgan fingerprint density at radius 2 is 1.47 bits per heavy atom. The molecule has 2 aromatic carbocycles. The number of rotatable bonds is 6. The number of benzene rings is 3. The number of hydrogen-bond acceptors (Lipinski definition) is 7. The Balaban J connectivity index is 1.72. The topological polar surface area (TPSA) is 109 Å². The molecule has 1 aliphatic carbocycles. The van der Waals surface area contributed by atoms with Crippen molar-refractivity contribution in [3.05, 3.63) is 70.3 Å². The van der Waals surface area contributed by atoms with Gasteiger partial charge in [0.1, 0.15) is 47.0 Å². The van der Waals surface area contributed by atoms with E-state index >= 15 is 13.2 Å². The summed E-state index contributed by atoms with van der Waals surface area (Å²) in [6.45, 7) is 12.2. The second kappa shape index (κ2) is 12.2. The number of esters is 2. The maximum Gasteiger partial charge on any atom is 0.339 e. The summed E-state index contributed by atoms with van der Waals surface area (Å²) in [5, 5.41) is 11.3. The summed E-state index contributed by atoms with van der Waals surface area (Å²) < 4.78 is 68.8. The SMILES string of the molecule is CC(C)(C)OC(=O)C(C(=O)OC(C)(C)C)c1c(F)c(F)c(C(=O)O)c(-c2c3ccc(=[N+]4CCC4)cc-3oc3cc(N4CCC4)ccc23)c1F. The Bertz CT molecular complexity index is 2040. The van der Waals surface area contributed by atoms with Gasteiger partial charge in [0.15, 0.2) is 17.6 Å². The van der Waals surface area contributed by atoms with E-state index in [1.54, 1.807) is 36.4 Å². The number of anilines is 1. The van der Waals surface area contributed by atoms with E-state index in [9.17, 15) is 19.5 Å². The largest absolute Gasteiger partial charge is 0.478 e. The molecule has 2 saturated heterocycles. The molecule has 0 saturated carbocycles. The predicted octanol–water partition coefficient (Wildman–Crippen LogP) is 6.47. The van der Waals surface area contributed by atoms with Gasteiger partial charge in [-0.05, 0) is 66.2 Å². The van der Waals surface area contributed by atoms with Gasteiger partial charge >= 0.3 is 17.9 Å². The molecule has 9 nitrogen and oxygen atoms in total. The van der Waals surface area contributed by atoms with E-state index in [0.29, 0.717) is 0 Å². The summed E-state index contributed by atoms with van der Waals surface area (Å²) in [7, 11) is 0. The monoisotopic (exact) mass is 679 g/mol. The second-order valence-corrected chi connectivity index (χ2v) is 14.4. The lowest BCUT2D eigenvalue weighted by Gasteiger charge is -2.33. The van der Waals surface area contributed by atoms with Crippen molar-refractivity contribution in [3.63, 3.8) is 0 Å². The predicted molar refractivity (Wildman–Crippen MR) is 176 cm³/mol. The van der Waals surface area contributed by atoms with Gasteiger partial charge in [-0.25, -0.2) is 22.5 Å². The maximum atomic E-state index is 17.3. The fourth-order valence-electron chi connectivity index (χ4n) is 6.10. The highest BCUT2D eigenvalue weighted by Gasteiger charge is 2.44. The molecule has 12 heteroatoms. The standard InChI is InChI=1S/C37H37F3N2O7/c1-36(2,3)48-34(45)29(35(46)49-37(4,5)6)27-30(38)26(28(33(43)44)32(40)31(27)39)25-21-11-9-19(41-13-7-14-41)17-23(21)47-24-18-20(10-12-22(24)25)42-15-8-16-42/h9-12,17-18,29H,7-8,13-16H2,1-6H3/p+1. The molecule has 4 aliphatic rings. The molecule has 2 fully saturated rings. The number of ether oxygens (including phenoxy) is 2. The maximum absolute atomic E-state index is 17.3. The quantitative estimate of drug-likeness (QED) is 0.0812. The fraction of sp³-hybridized carbons (Fsp3) is 0.405. The van der Waals surface area contributed by atoms with Crippen LogP contribution in [0.1, 0.15) is 76.2 Å². The normalized spacial score (nSPS) is 15.0. The first-order chi connectivity index (χ1) is 22.9. The van der Waals surface area contributed by atoms with Crippen LogP contribution in [0.25, 0.3) is 33.4 Å². The molecule has 2 aromatic rings. The van der Waals surface area contributed by atoms with Crippen molar-refractivity contribution in [2.24, 2.45) is 0 Å². The highest BCUT2D eigenvalue weighted by Crippen LogP contribution is 2.46. The Morgan fingerprint density at radius 3 is 1.98 bits per heavy atom. The highest BCUT2D eigenvalue weighted by atomic mass is 19.2. The van der Waals surface area contributed by atoms with Crippen LogP contribution in [0.5, 0.6) is 0 Å². The van der Waals surface area contributed by atoms with Crippen molar-refractivity contribution in [1.29, 1.82) is 0 Å². The van der Waals surface area contributed by atoms with Crippen LogP contribution in [0.15, 0.2) is 40.8 Å². The number of carbonyl (C=O) groups is 3. The van der Waals surface area contributed by atoms with Crippen molar-refractivity contribution in [2.75, 3.05) is 31.1 Å². The van der Waals surface area contributed by atoms with Crippen LogP contribution in [-0.2, 0) is 19.1 Å². The lowest BCUT2D eigenvalue weighted by Crippen LogP contribution is -2.40. The smallest absolute Gasteiger partial charge is 0.339 e. The van der Waals surface area contributed by atoms with E-state index in [1.807, 2.05) is 0 Å². The number of nitrogens with zero attached hydrogens (tertiary/aromatic N) is 2. The van der Waals surface area contributed by atoms with Gasteiger partial charge < -0.3 is 23.9 Å². The van der Waals surface area contributed by atoms with E-state index < -0.39 is 69.2 Å². The Morgan fingerprint density at radius 1 is 0.837 bits per heavy atom. The average molecular weight is 680 g/mol. The molecular formula is C37H38F3N2O7+. The fourth-order valence-corrected chi connectivity index (χ4v) is 6.10. The molecule has 0 bridgehead atoms. The lowest BCUT2D eigenvalue weighted by molar-refractivity contribution is -0.169. The van der Waals surface area contributed by atoms with Crippen LogP contribution in [0.4, 0.5) is 18.9 Å². The molecule has 0 radical (unpaired) electrons. The van der Waals surface area contributed by atoms with Gasteiger partial charge in [0.25, 0.3) is 0 Å². The molecule has 0 amide bonds. The molecule has 3 heterocycles. The van der Waals surface area contributed by atoms with E-state index in [0.717, 1.165) is 50.1 Å². The number of carboxylic acids is 1. The van der Waals surface area contributed by atoms with E-state index in [-0.39, 0.29) is 27.9 Å².